The van der Waals surface area contributed by atoms with Crippen molar-refractivity contribution in [1.82, 2.24) is 0 Å². The third kappa shape index (κ3) is 4.90. The molecule has 13 aromatic rings. The predicted octanol–water partition coefficient (Wildman–Crippen LogP) is 17.7. The first-order chi connectivity index (χ1) is 29.8. The topological polar surface area (TPSA) is 0 Å². The van der Waals surface area contributed by atoms with E-state index in [-0.39, 0.29) is 0 Å². The Morgan fingerprint density at radius 3 is 1.03 bits per heavy atom. The van der Waals surface area contributed by atoms with E-state index in [0.29, 0.717) is 0 Å². The van der Waals surface area contributed by atoms with Crippen molar-refractivity contribution in [2.45, 2.75) is 0 Å². The molecule has 0 spiro atoms. The molecule has 0 bridgehead atoms. The highest BCUT2D eigenvalue weighted by Gasteiger charge is 2.23. The standard InChI is InChI=1S/C58H34S2/c1-2-16-35(17-3-1)54-40-18-4-6-20-42(40)57(43-21-7-5-19-41(43)54)58-44-26-12-24-36(38-28-14-32-52-55(38)46-22-8-10-30-50(46)59-52)48(44)34-49-37(25-13-27-45(49)58)39-29-15-33-53-56(39)47-23-9-11-31-51(47)60-53/h1-34H. The van der Waals surface area contributed by atoms with Crippen molar-refractivity contribution < 1.29 is 0 Å². The Hall–Kier alpha value is -7.10. The van der Waals surface area contributed by atoms with Crippen LogP contribution in [0.4, 0.5) is 0 Å². The second kappa shape index (κ2) is 13.2. The van der Waals surface area contributed by atoms with E-state index in [9.17, 15) is 0 Å². The van der Waals surface area contributed by atoms with Gasteiger partial charge in [0.05, 0.1) is 0 Å². The van der Waals surface area contributed by atoms with Crippen molar-refractivity contribution in [2.24, 2.45) is 0 Å². The zero-order valence-electron chi connectivity index (χ0n) is 32.4. The monoisotopic (exact) mass is 794 g/mol. The van der Waals surface area contributed by atoms with Crippen LogP contribution in [0.25, 0.3) is 128 Å². The summed E-state index contributed by atoms with van der Waals surface area (Å²) in [6.07, 6.45) is 0. The Morgan fingerprint density at radius 1 is 0.217 bits per heavy atom. The van der Waals surface area contributed by atoms with Crippen LogP contribution >= 0.6 is 22.7 Å². The summed E-state index contributed by atoms with van der Waals surface area (Å²) in [4.78, 5) is 0. The normalized spacial score (nSPS) is 12.0. The molecule has 2 heterocycles. The third-order valence-corrected chi connectivity index (χ3v) is 14.9. The van der Waals surface area contributed by atoms with E-state index in [1.54, 1.807) is 0 Å². The van der Waals surface area contributed by atoms with Gasteiger partial charge in [-0.25, -0.2) is 0 Å². The fourth-order valence-corrected chi connectivity index (χ4v) is 12.5. The number of hydrogen-bond donors (Lipinski definition) is 0. The second-order valence-electron chi connectivity index (χ2n) is 15.8. The Morgan fingerprint density at radius 2 is 0.550 bits per heavy atom. The lowest BCUT2D eigenvalue weighted by Gasteiger charge is -2.22. The molecule has 278 valence electrons. The summed E-state index contributed by atoms with van der Waals surface area (Å²) in [5.41, 5.74) is 10.1. The summed E-state index contributed by atoms with van der Waals surface area (Å²) in [6, 6.07) is 77.1. The van der Waals surface area contributed by atoms with E-state index in [2.05, 4.69) is 206 Å². The van der Waals surface area contributed by atoms with E-state index in [0.717, 1.165) is 0 Å². The predicted molar refractivity (Wildman–Crippen MR) is 264 cm³/mol. The lowest BCUT2D eigenvalue weighted by molar-refractivity contribution is 1.66. The molecule has 0 aliphatic heterocycles. The quantitative estimate of drug-likeness (QED) is 0.156. The molecule has 0 radical (unpaired) electrons. The van der Waals surface area contributed by atoms with Crippen molar-refractivity contribution in [2.75, 3.05) is 0 Å². The highest BCUT2D eigenvalue weighted by atomic mass is 32.1. The second-order valence-corrected chi connectivity index (χ2v) is 18.0. The molecule has 11 aromatic carbocycles. The fraction of sp³-hybridized carbons (Fsp3) is 0. The smallest absolute Gasteiger partial charge is 0.0361 e. The van der Waals surface area contributed by atoms with Crippen molar-refractivity contribution in [3.8, 4) is 44.5 Å². The highest BCUT2D eigenvalue weighted by Crippen LogP contribution is 2.51. The minimum atomic E-state index is 1.23. The summed E-state index contributed by atoms with van der Waals surface area (Å²) >= 11 is 3.77. The van der Waals surface area contributed by atoms with Gasteiger partial charge in [0, 0.05) is 40.3 Å². The fourth-order valence-electron chi connectivity index (χ4n) is 10.2. The largest absolute Gasteiger partial charge is 0.135 e. The first-order valence-corrected chi connectivity index (χ1v) is 22.2. The van der Waals surface area contributed by atoms with Crippen molar-refractivity contribution in [3.05, 3.63) is 206 Å². The van der Waals surface area contributed by atoms with Crippen molar-refractivity contribution in [1.29, 1.82) is 0 Å². The van der Waals surface area contributed by atoms with Crippen LogP contribution in [0, 0.1) is 0 Å². The lowest BCUT2D eigenvalue weighted by atomic mass is 9.81. The average molecular weight is 795 g/mol. The van der Waals surface area contributed by atoms with Gasteiger partial charge in [-0.1, -0.05) is 176 Å². The Labute approximate surface area is 354 Å². The summed E-state index contributed by atoms with van der Waals surface area (Å²) in [5, 5.41) is 15.4. The van der Waals surface area contributed by atoms with Crippen LogP contribution in [0.5, 0.6) is 0 Å². The first-order valence-electron chi connectivity index (χ1n) is 20.6. The molecule has 13 rings (SSSR count). The van der Waals surface area contributed by atoms with E-state index >= 15 is 0 Å². The Kier molecular flexibility index (Phi) is 7.45. The van der Waals surface area contributed by atoms with Gasteiger partial charge >= 0.3 is 0 Å². The van der Waals surface area contributed by atoms with Gasteiger partial charge < -0.3 is 0 Å². The lowest BCUT2D eigenvalue weighted by Crippen LogP contribution is -1.94. The molecular formula is C58H34S2. The maximum absolute atomic E-state index is 2.52. The molecule has 2 aromatic heterocycles. The zero-order valence-corrected chi connectivity index (χ0v) is 34.1. The average Bonchev–Trinajstić information content (AvgIpc) is 3.89. The van der Waals surface area contributed by atoms with Crippen LogP contribution in [-0.2, 0) is 0 Å². The zero-order chi connectivity index (χ0) is 39.3. The molecule has 0 unspecified atom stereocenters. The Bertz CT molecular complexity index is 3650. The van der Waals surface area contributed by atoms with Gasteiger partial charge in [0.1, 0.15) is 0 Å². The number of rotatable bonds is 4. The van der Waals surface area contributed by atoms with Crippen LogP contribution < -0.4 is 0 Å². The van der Waals surface area contributed by atoms with Gasteiger partial charge in [-0.3, -0.25) is 0 Å². The molecule has 0 fully saturated rings. The molecular weight excluding hydrogens is 761 g/mol. The molecule has 0 aliphatic carbocycles. The van der Waals surface area contributed by atoms with E-state index in [1.807, 2.05) is 22.7 Å². The summed E-state index contributed by atoms with van der Waals surface area (Å²) in [6.45, 7) is 0. The van der Waals surface area contributed by atoms with Gasteiger partial charge in [0.2, 0.25) is 0 Å². The van der Waals surface area contributed by atoms with Gasteiger partial charge in [-0.15, -0.1) is 22.7 Å². The minimum absolute atomic E-state index is 1.23. The molecule has 0 N–H and O–H groups in total. The highest BCUT2D eigenvalue weighted by molar-refractivity contribution is 7.26. The SMILES string of the molecule is c1ccc(-c2c3ccccc3c(-c3c4cccc(-c5cccc6sc7ccccc7c56)c4cc4c(-c5cccc6sc7ccccc7c56)cccc34)c3ccccc23)cc1. The van der Waals surface area contributed by atoms with Crippen LogP contribution in [0.3, 0.4) is 0 Å². The maximum Gasteiger partial charge on any atom is 0.0361 e. The molecule has 0 amide bonds. The molecule has 60 heavy (non-hydrogen) atoms. The Balaban J connectivity index is 1.23. The molecule has 2 heteroatoms. The summed E-state index contributed by atoms with van der Waals surface area (Å²) < 4.78 is 5.27. The number of fused-ring (bicyclic) bond motifs is 10. The van der Waals surface area contributed by atoms with E-state index in [4.69, 9.17) is 0 Å². The van der Waals surface area contributed by atoms with Gasteiger partial charge in [-0.05, 0) is 118 Å². The number of hydrogen-bond acceptors (Lipinski definition) is 2. The molecule has 0 saturated carbocycles. The molecule has 0 nitrogen and oxygen atoms in total. The van der Waals surface area contributed by atoms with Crippen LogP contribution in [0.15, 0.2) is 206 Å². The molecule has 0 atom stereocenters. The van der Waals surface area contributed by atoms with Gasteiger partial charge in [0.15, 0.2) is 0 Å². The maximum atomic E-state index is 2.52. The van der Waals surface area contributed by atoms with Crippen molar-refractivity contribution in [3.63, 3.8) is 0 Å². The van der Waals surface area contributed by atoms with E-state index in [1.165, 1.54) is 128 Å². The first kappa shape index (κ1) is 33.8. The summed E-state index contributed by atoms with van der Waals surface area (Å²) in [5.74, 6) is 0. The molecule has 0 saturated heterocycles. The van der Waals surface area contributed by atoms with Crippen LogP contribution in [0.2, 0.25) is 0 Å². The van der Waals surface area contributed by atoms with Gasteiger partial charge in [0.25, 0.3) is 0 Å². The number of benzene rings is 11. The van der Waals surface area contributed by atoms with Crippen molar-refractivity contribution >= 4 is 106 Å². The van der Waals surface area contributed by atoms with Crippen LogP contribution in [0.1, 0.15) is 0 Å². The van der Waals surface area contributed by atoms with Crippen LogP contribution in [-0.4, -0.2) is 0 Å². The van der Waals surface area contributed by atoms with Gasteiger partial charge in [-0.2, -0.15) is 0 Å². The molecule has 0 aliphatic rings. The summed E-state index contributed by atoms with van der Waals surface area (Å²) in [7, 11) is 0. The number of thiophene rings is 2. The third-order valence-electron chi connectivity index (χ3n) is 12.7. The minimum Gasteiger partial charge on any atom is -0.135 e. The van der Waals surface area contributed by atoms with E-state index < -0.39 is 0 Å².